The zero-order chi connectivity index (χ0) is 15.4. The predicted molar refractivity (Wildman–Crippen MR) is 81.2 cm³/mol. The predicted octanol–water partition coefficient (Wildman–Crippen LogP) is 2.03. The number of hydrogen-bond acceptors (Lipinski definition) is 5. The normalized spacial score (nSPS) is 17.0. The van der Waals surface area contributed by atoms with Crippen molar-refractivity contribution >= 4 is 11.6 Å². The molecule has 0 bridgehead atoms. The lowest BCUT2D eigenvalue weighted by molar-refractivity contribution is 0.0952. The molecule has 6 heteroatoms. The monoisotopic (exact) mass is 297 g/mol. The molecule has 3 rings (SSSR count). The highest BCUT2D eigenvalue weighted by atomic mass is 16.6. The number of carbonyl (C=O) groups excluding carboxylic acids is 1. The van der Waals surface area contributed by atoms with Crippen molar-refractivity contribution in [3.05, 3.63) is 54.4 Å². The number of aromatic nitrogens is 1. The van der Waals surface area contributed by atoms with E-state index in [2.05, 4.69) is 15.5 Å². The summed E-state index contributed by atoms with van der Waals surface area (Å²) < 4.78 is 11.4. The van der Waals surface area contributed by atoms with Crippen LogP contribution in [0.15, 0.2) is 53.9 Å². The van der Waals surface area contributed by atoms with Crippen molar-refractivity contribution in [3.63, 3.8) is 0 Å². The number of amides is 1. The van der Waals surface area contributed by atoms with E-state index in [1.165, 1.54) is 0 Å². The van der Waals surface area contributed by atoms with Gasteiger partial charge >= 0.3 is 0 Å². The molecule has 1 unspecified atom stereocenters. The second-order valence-electron chi connectivity index (χ2n) is 4.79. The summed E-state index contributed by atoms with van der Waals surface area (Å²) in [5.74, 6) is 1.10. The first kappa shape index (κ1) is 14.1. The fraction of sp³-hybridized carbons (Fsp3) is 0.188. The quantitative estimate of drug-likeness (QED) is 0.695. The maximum atomic E-state index is 11.9. The minimum atomic E-state index is -0.326. The molecule has 0 saturated carbocycles. The van der Waals surface area contributed by atoms with Crippen LogP contribution in [0.25, 0.3) is 0 Å². The van der Waals surface area contributed by atoms with Crippen LogP contribution in [0.4, 0.5) is 0 Å². The summed E-state index contributed by atoms with van der Waals surface area (Å²) in [6.07, 6.45) is 2.79. The Morgan fingerprint density at radius 3 is 2.73 bits per heavy atom. The van der Waals surface area contributed by atoms with Gasteiger partial charge in [-0.25, -0.2) is 5.43 Å². The van der Waals surface area contributed by atoms with Crippen molar-refractivity contribution in [1.29, 1.82) is 0 Å². The van der Waals surface area contributed by atoms with E-state index < -0.39 is 0 Å². The van der Waals surface area contributed by atoms with Gasteiger partial charge in [0.05, 0.1) is 5.71 Å². The second-order valence-corrected chi connectivity index (χ2v) is 4.79. The van der Waals surface area contributed by atoms with Gasteiger partial charge in [-0.2, -0.15) is 5.10 Å². The van der Waals surface area contributed by atoms with Gasteiger partial charge in [0.15, 0.2) is 17.6 Å². The summed E-state index contributed by atoms with van der Waals surface area (Å²) >= 11 is 0. The summed E-state index contributed by atoms with van der Waals surface area (Å²) in [7, 11) is 0. The molecule has 1 atom stereocenters. The third-order valence-corrected chi connectivity index (χ3v) is 3.25. The Labute approximate surface area is 127 Å². The Morgan fingerprint density at radius 1 is 1.23 bits per heavy atom. The highest BCUT2D eigenvalue weighted by molar-refractivity contribution is 5.95. The van der Waals surface area contributed by atoms with E-state index in [1.54, 1.807) is 31.5 Å². The minimum Gasteiger partial charge on any atom is -0.485 e. The van der Waals surface area contributed by atoms with Crippen LogP contribution in [0, 0.1) is 0 Å². The van der Waals surface area contributed by atoms with Crippen LogP contribution in [-0.2, 0) is 0 Å². The molecular formula is C16H15N3O3. The molecule has 112 valence electrons. The lowest BCUT2D eigenvalue weighted by Crippen LogP contribution is -2.36. The van der Waals surface area contributed by atoms with Crippen LogP contribution >= 0.6 is 0 Å². The number of hydrazone groups is 1. The maximum absolute atomic E-state index is 11.9. The molecule has 2 heterocycles. The van der Waals surface area contributed by atoms with Crippen molar-refractivity contribution in [3.8, 4) is 11.5 Å². The van der Waals surface area contributed by atoms with Crippen molar-refractivity contribution in [2.24, 2.45) is 5.10 Å². The molecule has 1 aromatic heterocycles. The molecule has 1 amide bonds. The van der Waals surface area contributed by atoms with Crippen LogP contribution in [0.3, 0.4) is 0 Å². The molecule has 0 aliphatic carbocycles. The van der Waals surface area contributed by atoms with Crippen molar-refractivity contribution in [2.75, 3.05) is 6.61 Å². The van der Waals surface area contributed by atoms with E-state index in [0.29, 0.717) is 29.4 Å². The highest BCUT2D eigenvalue weighted by Gasteiger charge is 2.23. The molecule has 0 fully saturated rings. The van der Waals surface area contributed by atoms with E-state index in [-0.39, 0.29) is 12.0 Å². The van der Waals surface area contributed by atoms with Gasteiger partial charge in [-0.15, -0.1) is 0 Å². The average Bonchev–Trinajstić information content (AvgIpc) is 2.59. The van der Waals surface area contributed by atoms with Gasteiger partial charge < -0.3 is 9.47 Å². The number of hydrogen-bond donors (Lipinski definition) is 1. The van der Waals surface area contributed by atoms with Gasteiger partial charge in [-0.1, -0.05) is 12.1 Å². The van der Waals surface area contributed by atoms with Gasteiger partial charge in [0.1, 0.15) is 6.61 Å². The number of ether oxygens (including phenoxy) is 2. The first-order valence-corrected chi connectivity index (χ1v) is 6.87. The average molecular weight is 297 g/mol. The number of fused-ring (bicyclic) bond motifs is 1. The summed E-state index contributed by atoms with van der Waals surface area (Å²) in [4.78, 5) is 15.8. The lowest BCUT2D eigenvalue weighted by atomic mass is 10.2. The van der Waals surface area contributed by atoms with E-state index in [4.69, 9.17) is 9.47 Å². The van der Waals surface area contributed by atoms with Crippen LogP contribution in [0.2, 0.25) is 0 Å². The van der Waals surface area contributed by atoms with E-state index in [1.807, 2.05) is 24.3 Å². The number of nitrogens with zero attached hydrogens (tertiary/aromatic N) is 2. The van der Waals surface area contributed by atoms with E-state index >= 15 is 0 Å². The van der Waals surface area contributed by atoms with Crippen molar-refractivity contribution < 1.29 is 14.3 Å². The summed E-state index contributed by atoms with van der Waals surface area (Å²) in [6.45, 7) is 2.15. The smallest absolute Gasteiger partial charge is 0.271 e. The largest absolute Gasteiger partial charge is 0.485 e. The second kappa shape index (κ2) is 6.26. The molecule has 6 nitrogen and oxygen atoms in total. The maximum Gasteiger partial charge on any atom is 0.271 e. The number of rotatable bonds is 3. The first-order valence-electron chi connectivity index (χ1n) is 6.87. The van der Waals surface area contributed by atoms with Crippen LogP contribution in [0.5, 0.6) is 11.5 Å². The molecule has 1 aliphatic heterocycles. The molecule has 0 radical (unpaired) electrons. The third-order valence-electron chi connectivity index (χ3n) is 3.25. The zero-order valence-electron chi connectivity index (χ0n) is 12.0. The Kier molecular flexibility index (Phi) is 4.00. The molecule has 1 aromatic carbocycles. The zero-order valence-corrected chi connectivity index (χ0v) is 12.0. The third kappa shape index (κ3) is 3.06. The SMILES string of the molecule is CC(=NNC(=O)c1ccncc1)C1COc2ccccc2O1. The summed E-state index contributed by atoms with van der Waals surface area (Å²) in [6, 6.07) is 10.7. The molecule has 0 saturated heterocycles. The first-order chi connectivity index (χ1) is 10.7. The van der Waals surface area contributed by atoms with Crippen LogP contribution in [0.1, 0.15) is 17.3 Å². The molecule has 1 N–H and O–H groups in total. The molecule has 2 aromatic rings. The highest BCUT2D eigenvalue weighted by Crippen LogP contribution is 2.31. The van der Waals surface area contributed by atoms with Gasteiger partial charge in [0.25, 0.3) is 5.91 Å². The fourth-order valence-corrected chi connectivity index (χ4v) is 2.00. The Bertz CT molecular complexity index is 701. The van der Waals surface area contributed by atoms with Crippen molar-refractivity contribution in [1.82, 2.24) is 10.4 Å². The van der Waals surface area contributed by atoms with E-state index in [9.17, 15) is 4.79 Å². The number of nitrogens with one attached hydrogen (secondary N) is 1. The van der Waals surface area contributed by atoms with Crippen LogP contribution < -0.4 is 14.9 Å². The van der Waals surface area contributed by atoms with Gasteiger partial charge in [0.2, 0.25) is 0 Å². The standard InChI is InChI=1S/C16H15N3O3/c1-11(18-19-16(20)12-6-8-17-9-7-12)15-10-21-13-4-2-3-5-14(13)22-15/h2-9,15H,10H2,1H3,(H,19,20). The molecular weight excluding hydrogens is 282 g/mol. The van der Waals surface area contributed by atoms with Gasteiger partial charge in [-0.3, -0.25) is 9.78 Å². The number of carbonyl (C=O) groups is 1. The van der Waals surface area contributed by atoms with Crippen molar-refractivity contribution in [2.45, 2.75) is 13.0 Å². The number of para-hydroxylation sites is 2. The molecule has 1 aliphatic rings. The Hall–Kier alpha value is -2.89. The Morgan fingerprint density at radius 2 is 1.95 bits per heavy atom. The van der Waals surface area contributed by atoms with Gasteiger partial charge in [0, 0.05) is 18.0 Å². The number of benzene rings is 1. The fourth-order valence-electron chi connectivity index (χ4n) is 2.00. The van der Waals surface area contributed by atoms with Gasteiger partial charge in [-0.05, 0) is 31.2 Å². The summed E-state index contributed by atoms with van der Waals surface area (Å²) in [5.41, 5.74) is 3.64. The minimum absolute atomic E-state index is 0.293. The molecule has 22 heavy (non-hydrogen) atoms. The summed E-state index contributed by atoms with van der Waals surface area (Å²) in [5, 5.41) is 4.09. The topological polar surface area (TPSA) is 72.8 Å². The van der Waals surface area contributed by atoms with E-state index in [0.717, 1.165) is 0 Å². The number of pyridine rings is 1. The Balaban J connectivity index is 1.65. The lowest BCUT2D eigenvalue weighted by Gasteiger charge is -2.26. The van der Waals surface area contributed by atoms with Crippen LogP contribution in [-0.4, -0.2) is 29.3 Å². The molecule has 0 spiro atoms.